The van der Waals surface area contributed by atoms with Gasteiger partial charge >= 0.3 is 0 Å². The number of piperidine rings is 1. The first kappa shape index (κ1) is 21.7. The number of amides is 1. The van der Waals surface area contributed by atoms with Crippen LogP contribution in [0.15, 0.2) is 58.4 Å². The fourth-order valence-electron chi connectivity index (χ4n) is 4.08. The Balaban J connectivity index is 1.50. The summed E-state index contributed by atoms with van der Waals surface area (Å²) in [5, 5.41) is 3.00. The van der Waals surface area contributed by atoms with Crippen LogP contribution in [-0.2, 0) is 20.2 Å². The predicted octanol–water partition coefficient (Wildman–Crippen LogP) is 3.39. The minimum absolute atomic E-state index is 0.0341. The van der Waals surface area contributed by atoms with Gasteiger partial charge in [-0.1, -0.05) is 62.7 Å². The van der Waals surface area contributed by atoms with Crippen LogP contribution < -0.4 is 5.32 Å². The molecule has 0 unspecified atom stereocenters. The van der Waals surface area contributed by atoms with Crippen molar-refractivity contribution in [2.45, 2.75) is 56.5 Å². The number of hydrogen-bond acceptors (Lipinski definition) is 4. The molecule has 1 saturated heterocycles. The minimum atomic E-state index is -3.58. The number of aliphatic imine (C=N–C) groups is 1. The van der Waals surface area contributed by atoms with Gasteiger partial charge in [-0.2, -0.15) is 4.31 Å². The second kappa shape index (κ2) is 7.57. The van der Waals surface area contributed by atoms with Crippen LogP contribution in [0, 0.1) is 6.92 Å². The maximum absolute atomic E-state index is 13.1. The Morgan fingerprint density at radius 3 is 2.10 bits per heavy atom. The first-order chi connectivity index (χ1) is 14.5. The van der Waals surface area contributed by atoms with Gasteiger partial charge in [0, 0.05) is 31.5 Å². The summed E-state index contributed by atoms with van der Waals surface area (Å²) in [5.74, 6) is -0.196. The fraction of sp³-hybridized carbons (Fsp3) is 0.417. The summed E-state index contributed by atoms with van der Waals surface area (Å²) in [6.07, 6.45) is 0.904. The van der Waals surface area contributed by atoms with Gasteiger partial charge in [0.25, 0.3) is 5.91 Å². The van der Waals surface area contributed by atoms with E-state index in [1.54, 1.807) is 12.1 Å². The molecule has 6 nitrogen and oxygen atoms in total. The number of nitrogens with zero attached hydrogens (tertiary/aromatic N) is 2. The van der Waals surface area contributed by atoms with Crippen molar-refractivity contribution < 1.29 is 13.2 Å². The highest BCUT2D eigenvalue weighted by atomic mass is 32.2. The molecular weight excluding hydrogens is 410 g/mol. The molecule has 0 saturated carbocycles. The molecule has 0 aromatic heterocycles. The predicted molar refractivity (Wildman–Crippen MR) is 122 cm³/mol. The van der Waals surface area contributed by atoms with Crippen LogP contribution in [0.25, 0.3) is 0 Å². The average molecular weight is 440 g/mol. The van der Waals surface area contributed by atoms with Crippen molar-refractivity contribution in [2.24, 2.45) is 4.99 Å². The number of carbonyl (C=O) groups is 1. The molecule has 1 fully saturated rings. The molecular formula is C24H29N3O3S. The number of benzene rings is 2. The van der Waals surface area contributed by atoms with Crippen molar-refractivity contribution in [2.75, 3.05) is 13.1 Å². The summed E-state index contributed by atoms with van der Waals surface area (Å²) >= 11 is 0. The van der Waals surface area contributed by atoms with Crippen LogP contribution in [0.3, 0.4) is 0 Å². The molecule has 7 heteroatoms. The van der Waals surface area contributed by atoms with Gasteiger partial charge in [-0.3, -0.25) is 9.79 Å². The molecule has 0 aliphatic carbocycles. The molecule has 4 rings (SSSR count). The molecule has 2 aromatic rings. The Kier molecular flexibility index (Phi) is 5.30. The van der Waals surface area contributed by atoms with Gasteiger partial charge in [-0.15, -0.1) is 0 Å². The number of nitrogens with one attached hydrogen (secondary N) is 1. The van der Waals surface area contributed by atoms with Crippen molar-refractivity contribution >= 4 is 21.6 Å². The molecule has 0 bridgehead atoms. The van der Waals surface area contributed by atoms with E-state index < -0.39 is 15.7 Å². The Hall–Kier alpha value is -2.51. The summed E-state index contributed by atoms with van der Waals surface area (Å²) in [6, 6.07) is 14.8. The number of carbonyl (C=O) groups excluding carboxylic acids is 1. The first-order valence-electron chi connectivity index (χ1n) is 10.6. The van der Waals surface area contributed by atoms with Gasteiger partial charge in [0.15, 0.2) is 0 Å². The molecule has 0 radical (unpaired) electrons. The lowest BCUT2D eigenvalue weighted by Crippen LogP contribution is -2.52. The SMILES string of the molecule is Cc1ccc(C2=NC3(CCN(S(=O)(=O)c4ccc(C(C)(C)C)cc4)CC3)NC2=O)cc1. The van der Waals surface area contributed by atoms with Crippen molar-refractivity contribution in [1.29, 1.82) is 0 Å². The summed E-state index contributed by atoms with van der Waals surface area (Å²) in [4.78, 5) is 17.6. The minimum Gasteiger partial charge on any atom is -0.326 e. The van der Waals surface area contributed by atoms with Crippen LogP contribution >= 0.6 is 0 Å². The number of aryl methyl sites for hydroxylation is 1. The summed E-state index contributed by atoms with van der Waals surface area (Å²) in [5.41, 5.74) is 2.66. The highest BCUT2D eigenvalue weighted by molar-refractivity contribution is 7.89. The van der Waals surface area contributed by atoms with E-state index in [4.69, 9.17) is 4.99 Å². The van der Waals surface area contributed by atoms with Gasteiger partial charge < -0.3 is 5.32 Å². The van der Waals surface area contributed by atoms with Crippen LogP contribution in [0.1, 0.15) is 50.3 Å². The molecule has 2 heterocycles. The van der Waals surface area contributed by atoms with Gasteiger partial charge in [0.05, 0.1) is 4.90 Å². The third kappa shape index (κ3) is 4.16. The Labute approximate surface area is 184 Å². The van der Waals surface area contributed by atoms with E-state index in [9.17, 15) is 13.2 Å². The van der Waals surface area contributed by atoms with E-state index in [1.165, 1.54) is 4.31 Å². The molecule has 2 aliphatic heterocycles. The van der Waals surface area contributed by atoms with Crippen LogP contribution in [0.2, 0.25) is 0 Å². The number of rotatable bonds is 3. The van der Waals surface area contributed by atoms with E-state index in [2.05, 4.69) is 26.1 Å². The highest BCUT2D eigenvalue weighted by Crippen LogP contribution is 2.32. The van der Waals surface area contributed by atoms with E-state index in [1.807, 2.05) is 43.3 Å². The second-order valence-electron chi connectivity index (χ2n) is 9.49. The van der Waals surface area contributed by atoms with Crippen molar-refractivity contribution in [3.63, 3.8) is 0 Å². The molecule has 2 aliphatic rings. The standard InChI is InChI=1S/C24H29N3O3S/c1-17-5-7-18(8-6-17)21-22(28)26-24(25-21)13-15-27(16-14-24)31(29,30)20-11-9-19(10-12-20)23(2,3)4/h5-12H,13-16H2,1-4H3,(H,26,28). The third-order valence-corrected chi connectivity index (χ3v) is 8.03. The maximum atomic E-state index is 13.1. The zero-order valence-corrected chi connectivity index (χ0v) is 19.3. The Morgan fingerprint density at radius 2 is 1.55 bits per heavy atom. The van der Waals surface area contributed by atoms with E-state index >= 15 is 0 Å². The average Bonchev–Trinajstić information content (AvgIpc) is 3.04. The summed E-state index contributed by atoms with van der Waals surface area (Å²) < 4.78 is 27.8. The largest absolute Gasteiger partial charge is 0.326 e. The molecule has 164 valence electrons. The van der Waals surface area contributed by atoms with Crippen molar-refractivity contribution in [1.82, 2.24) is 9.62 Å². The lowest BCUT2D eigenvalue weighted by atomic mass is 9.87. The third-order valence-electron chi connectivity index (χ3n) is 6.12. The normalized spacial score (nSPS) is 19.4. The van der Waals surface area contributed by atoms with Gasteiger partial charge in [-0.05, 0) is 30.0 Å². The smallest absolute Gasteiger partial charge is 0.272 e. The molecule has 2 aromatic carbocycles. The zero-order valence-electron chi connectivity index (χ0n) is 18.5. The molecule has 31 heavy (non-hydrogen) atoms. The van der Waals surface area contributed by atoms with Gasteiger partial charge in [-0.25, -0.2) is 8.42 Å². The maximum Gasteiger partial charge on any atom is 0.272 e. The fourth-order valence-corrected chi connectivity index (χ4v) is 5.52. The van der Waals surface area contributed by atoms with Gasteiger partial charge in [0.2, 0.25) is 10.0 Å². The Bertz CT molecular complexity index is 1120. The van der Waals surface area contributed by atoms with Crippen molar-refractivity contribution in [3.05, 3.63) is 65.2 Å². The van der Waals surface area contributed by atoms with Crippen LogP contribution in [0.4, 0.5) is 0 Å². The van der Waals surface area contributed by atoms with Crippen LogP contribution in [0.5, 0.6) is 0 Å². The topological polar surface area (TPSA) is 78.8 Å². The van der Waals surface area contributed by atoms with E-state index in [0.29, 0.717) is 36.5 Å². The summed E-state index contributed by atoms with van der Waals surface area (Å²) in [6.45, 7) is 8.92. The number of hydrogen-bond donors (Lipinski definition) is 1. The summed E-state index contributed by atoms with van der Waals surface area (Å²) in [7, 11) is -3.58. The Morgan fingerprint density at radius 1 is 0.968 bits per heavy atom. The van der Waals surface area contributed by atoms with Crippen LogP contribution in [-0.4, -0.2) is 43.1 Å². The molecule has 0 atom stereocenters. The second-order valence-corrected chi connectivity index (χ2v) is 11.4. The quantitative estimate of drug-likeness (QED) is 0.796. The van der Waals surface area contributed by atoms with E-state index in [0.717, 1.165) is 16.7 Å². The first-order valence-corrected chi connectivity index (χ1v) is 12.0. The number of sulfonamides is 1. The zero-order chi connectivity index (χ0) is 22.4. The lowest BCUT2D eigenvalue weighted by Gasteiger charge is -2.36. The van der Waals surface area contributed by atoms with E-state index in [-0.39, 0.29) is 11.3 Å². The van der Waals surface area contributed by atoms with Gasteiger partial charge in [0.1, 0.15) is 11.4 Å². The molecule has 1 spiro atoms. The van der Waals surface area contributed by atoms with Crippen molar-refractivity contribution in [3.8, 4) is 0 Å². The molecule has 1 N–H and O–H groups in total. The molecule has 1 amide bonds. The highest BCUT2D eigenvalue weighted by Gasteiger charge is 2.44. The lowest BCUT2D eigenvalue weighted by molar-refractivity contribution is -0.115. The monoisotopic (exact) mass is 439 g/mol.